The van der Waals surface area contributed by atoms with E-state index < -0.39 is 11.1 Å². The van der Waals surface area contributed by atoms with Crippen molar-refractivity contribution in [2.75, 3.05) is 10.6 Å². The summed E-state index contributed by atoms with van der Waals surface area (Å²) in [6.07, 6.45) is 0.741. The van der Waals surface area contributed by atoms with Crippen LogP contribution >= 0.6 is 11.3 Å². The number of anilines is 3. The van der Waals surface area contributed by atoms with E-state index in [2.05, 4.69) is 15.7 Å². The fraction of sp³-hybridized carbons (Fsp3) is 0.222. The number of nitrogens with one attached hydrogen (secondary N) is 3. The highest BCUT2D eigenvalue weighted by Crippen LogP contribution is 2.30. The Balaban J connectivity index is 2.07. The van der Waals surface area contributed by atoms with E-state index in [9.17, 15) is 14.7 Å². The first-order valence-corrected chi connectivity index (χ1v) is 9.07. The largest absolute Gasteiger partial charge is 0.506 e. The minimum Gasteiger partial charge on any atom is -0.506 e. The van der Waals surface area contributed by atoms with Gasteiger partial charge in [-0.25, -0.2) is 0 Å². The number of phenols is 1. The summed E-state index contributed by atoms with van der Waals surface area (Å²) in [5.41, 5.74) is -0.233. The molecule has 0 aliphatic carbocycles. The monoisotopic (exact) mass is 372 g/mol. The molecule has 8 heteroatoms. The number of aromatic hydroxyl groups is 1. The first kappa shape index (κ1) is 17.8. The van der Waals surface area contributed by atoms with Crippen LogP contribution in [-0.2, 0) is 7.05 Å². The number of aryl methyl sites for hydroxylation is 1. The van der Waals surface area contributed by atoms with Crippen LogP contribution in [0.1, 0.15) is 24.3 Å². The molecule has 1 aromatic carbocycles. The summed E-state index contributed by atoms with van der Waals surface area (Å²) in [7, 11) is 1.47. The minimum atomic E-state index is -0.417. The Morgan fingerprint density at radius 1 is 1.19 bits per heavy atom. The Morgan fingerprint density at radius 2 is 1.96 bits per heavy atom. The summed E-state index contributed by atoms with van der Waals surface area (Å²) in [6, 6.07) is 10.4. The number of H-pyrrole nitrogens is 1. The van der Waals surface area contributed by atoms with Crippen molar-refractivity contribution in [2.24, 2.45) is 7.05 Å². The highest BCUT2D eigenvalue weighted by atomic mass is 32.1. The van der Waals surface area contributed by atoms with Crippen molar-refractivity contribution in [3.8, 4) is 5.75 Å². The maximum Gasteiger partial charge on any atom is 0.290 e. The minimum absolute atomic E-state index is 0.00826. The van der Waals surface area contributed by atoms with E-state index in [1.165, 1.54) is 13.1 Å². The van der Waals surface area contributed by atoms with Crippen molar-refractivity contribution in [1.82, 2.24) is 9.78 Å². The van der Waals surface area contributed by atoms with Crippen molar-refractivity contribution in [1.29, 1.82) is 0 Å². The molecule has 1 unspecified atom stereocenters. The second-order valence-electron chi connectivity index (χ2n) is 5.82. The number of aromatic amines is 1. The lowest BCUT2D eigenvalue weighted by atomic mass is 10.1. The van der Waals surface area contributed by atoms with Gasteiger partial charge in [0.15, 0.2) is 0 Å². The molecule has 0 fully saturated rings. The van der Waals surface area contributed by atoms with Gasteiger partial charge in [0.05, 0.1) is 11.7 Å². The van der Waals surface area contributed by atoms with Gasteiger partial charge in [0.1, 0.15) is 17.1 Å². The zero-order chi connectivity index (χ0) is 18.7. The van der Waals surface area contributed by atoms with Gasteiger partial charge in [0.2, 0.25) is 0 Å². The maximum atomic E-state index is 12.6. The van der Waals surface area contributed by atoms with Crippen LogP contribution in [0.15, 0.2) is 51.4 Å². The van der Waals surface area contributed by atoms with Crippen LogP contribution in [0.2, 0.25) is 0 Å². The van der Waals surface area contributed by atoms with E-state index in [1.54, 1.807) is 29.5 Å². The molecule has 7 nitrogen and oxygen atoms in total. The molecule has 2 heterocycles. The zero-order valence-electron chi connectivity index (χ0n) is 14.4. The lowest BCUT2D eigenvalue weighted by Gasteiger charge is -2.19. The molecule has 0 bridgehead atoms. The molecule has 0 amide bonds. The maximum absolute atomic E-state index is 12.6. The third-order valence-corrected chi connectivity index (χ3v) is 5.03. The first-order valence-electron chi connectivity index (χ1n) is 8.19. The van der Waals surface area contributed by atoms with E-state index in [0.29, 0.717) is 5.69 Å². The molecule has 0 spiro atoms. The molecular formula is C18H20N4O3S. The predicted octanol–water partition coefficient (Wildman–Crippen LogP) is 3.15. The van der Waals surface area contributed by atoms with Gasteiger partial charge >= 0.3 is 0 Å². The lowest BCUT2D eigenvalue weighted by molar-refractivity contribution is 0.477. The van der Waals surface area contributed by atoms with Gasteiger partial charge in [-0.1, -0.05) is 25.1 Å². The smallest absolute Gasteiger partial charge is 0.290 e. The highest BCUT2D eigenvalue weighted by Gasteiger charge is 2.19. The molecule has 0 aliphatic rings. The summed E-state index contributed by atoms with van der Waals surface area (Å²) < 4.78 is 1.11. The van der Waals surface area contributed by atoms with Gasteiger partial charge in [-0.3, -0.25) is 19.4 Å². The van der Waals surface area contributed by atoms with Crippen LogP contribution < -0.4 is 21.8 Å². The van der Waals surface area contributed by atoms with E-state index in [-0.39, 0.29) is 23.2 Å². The van der Waals surface area contributed by atoms with E-state index in [4.69, 9.17) is 0 Å². The molecule has 2 aromatic heterocycles. The molecule has 136 valence electrons. The number of hydrogen-bond acceptors (Lipinski definition) is 6. The SMILES string of the molecule is CCC(Nc1c(Nc2ccccc2O)c(=O)n(C)[nH]c1=O)c1cccs1. The van der Waals surface area contributed by atoms with E-state index in [1.807, 2.05) is 24.4 Å². The lowest BCUT2D eigenvalue weighted by Crippen LogP contribution is -2.32. The quantitative estimate of drug-likeness (QED) is 0.498. The fourth-order valence-electron chi connectivity index (χ4n) is 2.65. The fourth-order valence-corrected chi connectivity index (χ4v) is 3.51. The van der Waals surface area contributed by atoms with Gasteiger partial charge in [-0.2, -0.15) is 0 Å². The second-order valence-corrected chi connectivity index (χ2v) is 6.80. The predicted molar refractivity (Wildman–Crippen MR) is 105 cm³/mol. The number of aromatic nitrogens is 2. The van der Waals surface area contributed by atoms with Crippen LogP contribution in [0.4, 0.5) is 17.1 Å². The van der Waals surface area contributed by atoms with Gasteiger partial charge < -0.3 is 15.7 Å². The molecule has 1 atom stereocenters. The second kappa shape index (κ2) is 7.49. The van der Waals surface area contributed by atoms with Gasteiger partial charge in [0, 0.05) is 11.9 Å². The van der Waals surface area contributed by atoms with Crippen molar-refractivity contribution in [3.63, 3.8) is 0 Å². The summed E-state index contributed by atoms with van der Waals surface area (Å²) >= 11 is 1.58. The Bertz CT molecular complexity index is 1010. The first-order chi connectivity index (χ1) is 12.5. The molecule has 4 N–H and O–H groups in total. The third-order valence-electron chi connectivity index (χ3n) is 4.04. The Kier molecular flexibility index (Phi) is 5.13. The number of phenolic OH excluding ortho intramolecular Hbond substituents is 1. The molecule has 3 aromatic rings. The number of benzene rings is 1. The average Bonchev–Trinajstić information content (AvgIpc) is 3.15. The molecule has 26 heavy (non-hydrogen) atoms. The molecule has 0 saturated carbocycles. The Morgan fingerprint density at radius 3 is 2.62 bits per heavy atom. The van der Waals surface area contributed by atoms with Crippen molar-refractivity contribution in [3.05, 3.63) is 67.4 Å². The third kappa shape index (κ3) is 3.50. The number of hydrogen-bond donors (Lipinski definition) is 4. The number of rotatable bonds is 6. The number of thiophene rings is 1. The number of nitrogens with zero attached hydrogens (tertiary/aromatic N) is 1. The van der Waals surface area contributed by atoms with Crippen LogP contribution in [-0.4, -0.2) is 14.9 Å². The normalized spacial score (nSPS) is 11.9. The average molecular weight is 372 g/mol. The van der Waals surface area contributed by atoms with Gasteiger partial charge in [-0.15, -0.1) is 11.3 Å². The van der Waals surface area contributed by atoms with Crippen LogP contribution in [0, 0.1) is 0 Å². The molecule has 0 radical (unpaired) electrons. The van der Waals surface area contributed by atoms with Crippen LogP contribution in [0.25, 0.3) is 0 Å². The Hall–Kier alpha value is -3.00. The summed E-state index contributed by atoms with van der Waals surface area (Å²) in [5.74, 6) is -0.00826. The number of para-hydroxylation sites is 2. The summed E-state index contributed by atoms with van der Waals surface area (Å²) in [4.78, 5) is 26.2. The van der Waals surface area contributed by atoms with E-state index >= 15 is 0 Å². The van der Waals surface area contributed by atoms with Crippen molar-refractivity contribution < 1.29 is 5.11 Å². The van der Waals surface area contributed by atoms with Crippen molar-refractivity contribution in [2.45, 2.75) is 19.4 Å². The summed E-state index contributed by atoms with van der Waals surface area (Å²) in [5, 5.41) is 20.6. The topological polar surface area (TPSA) is 99.1 Å². The van der Waals surface area contributed by atoms with Crippen LogP contribution in [0.3, 0.4) is 0 Å². The zero-order valence-corrected chi connectivity index (χ0v) is 15.3. The van der Waals surface area contributed by atoms with Gasteiger partial charge in [0.25, 0.3) is 11.1 Å². The summed E-state index contributed by atoms with van der Waals surface area (Å²) in [6.45, 7) is 2.00. The molecule has 0 aliphatic heterocycles. The highest BCUT2D eigenvalue weighted by molar-refractivity contribution is 7.10. The van der Waals surface area contributed by atoms with Gasteiger partial charge in [-0.05, 0) is 30.0 Å². The van der Waals surface area contributed by atoms with E-state index in [0.717, 1.165) is 16.0 Å². The molecular weight excluding hydrogens is 352 g/mol. The van der Waals surface area contributed by atoms with Crippen molar-refractivity contribution >= 4 is 28.4 Å². The van der Waals surface area contributed by atoms with Crippen LogP contribution in [0.5, 0.6) is 5.75 Å². The molecule has 3 rings (SSSR count). The Labute approximate surface area is 153 Å². The standard InChI is InChI=1S/C18H20N4O3S/c1-3-11(14-9-6-10-26-14)19-15-16(18(25)22(2)21-17(15)24)20-12-7-4-5-8-13(12)23/h4-11,19-20,23H,3H2,1-2H3,(H,21,24). The molecule has 0 saturated heterocycles.